The number of nitrogens with zero attached hydrogens (tertiary/aromatic N) is 2. The molecule has 1 fully saturated rings. The van der Waals surface area contributed by atoms with Crippen LogP contribution in [0.15, 0.2) is 35.3 Å². The summed E-state index contributed by atoms with van der Waals surface area (Å²) in [5.41, 5.74) is 1.23. The lowest BCUT2D eigenvalue weighted by Gasteiger charge is -2.18. The third kappa shape index (κ3) is 4.44. The van der Waals surface area contributed by atoms with E-state index in [-0.39, 0.29) is 0 Å². The number of para-hydroxylation sites is 1. The van der Waals surface area contributed by atoms with Crippen molar-refractivity contribution in [1.29, 1.82) is 0 Å². The van der Waals surface area contributed by atoms with E-state index < -0.39 is 0 Å². The van der Waals surface area contributed by atoms with Crippen molar-refractivity contribution in [2.45, 2.75) is 26.3 Å². The molecule has 0 aliphatic heterocycles. The monoisotopic (exact) mass is 274 g/mol. The molecule has 1 aromatic carbocycles. The summed E-state index contributed by atoms with van der Waals surface area (Å²) >= 11 is 0. The molecule has 1 saturated carbocycles. The van der Waals surface area contributed by atoms with Crippen LogP contribution in [0.5, 0.6) is 0 Å². The average Bonchev–Trinajstić information content (AvgIpc) is 3.15. The molecule has 1 aromatic rings. The second-order valence-electron chi connectivity index (χ2n) is 5.48. The minimum Gasteiger partial charge on any atom is -0.373 e. The standard InChI is InChI=1S/C16H26N4/c1-4-17-16(19-15-12-13(15)2)18-10-11-20(3)14-8-6-5-7-9-14/h5-9,13,15H,4,10-12H2,1-3H3,(H2,17,18,19). The SMILES string of the molecule is CCNC(=NCCN(C)c1ccccc1)NC1CC1C. The number of rotatable bonds is 6. The van der Waals surface area contributed by atoms with Gasteiger partial charge in [0.2, 0.25) is 0 Å². The third-order valence-corrected chi connectivity index (χ3v) is 3.68. The van der Waals surface area contributed by atoms with Crippen molar-refractivity contribution in [2.24, 2.45) is 10.9 Å². The summed E-state index contributed by atoms with van der Waals surface area (Å²) in [6.07, 6.45) is 1.26. The zero-order valence-electron chi connectivity index (χ0n) is 12.8. The molecule has 2 atom stereocenters. The molecule has 0 amide bonds. The van der Waals surface area contributed by atoms with Crippen LogP contribution >= 0.6 is 0 Å². The van der Waals surface area contributed by atoms with Crippen LogP contribution in [0.2, 0.25) is 0 Å². The van der Waals surface area contributed by atoms with Crippen molar-refractivity contribution < 1.29 is 0 Å². The van der Waals surface area contributed by atoms with Crippen LogP contribution in [0, 0.1) is 5.92 Å². The second-order valence-corrected chi connectivity index (χ2v) is 5.48. The number of likely N-dealkylation sites (N-methyl/N-ethyl adjacent to an activating group) is 1. The molecule has 0 heterocycles. The summed E-state index contributed by atoms with van der Waals surface area (Å²) < 4.78 is 0. The van der Waals surface area contributed by atoms with Gasteiger partial charge in [-0.1, -0.05) is 25.1 Å². The number of benzene rings is 1. The third-order valence-electron chi connectivity index (χ3n) is 3.68. The fourth-order valence-electron chi connectivity index (χ4n) is 2.14. The van der Waals surface area contributed by atoms with E-state index in [0.29, 0.717) is 6.04 Å². The minimum atomic E-state index is 0.611. The van der Waals surface area contributed by atoms with Crippen molar-refractivity contribution in [1.82, 2.24) is 10.6 Å². The highest BCUT2D eigenvalue weighted by Crippen LogP contribution is 2.28. The molecule has 0 bridgehead atoms. The molecule has 2 unspecified atom stereocenters. The molecule has 0 saturated heterocycles. The van der Waals surface area contributed by atoms with Gasteiger partial charge in [-0.3, -0.25) is 4.99 Å². The predicted molar refractivity (Wildman–Crippen MR) is 86.4 cm³/mol. The topological polar surface area (TPSA) is 39.7 Å². The van der Waals surface area contributed by atoms with E-state index in [1.165, 1.54) is 12.1 Å². The molecule has 4 heteroatoms. The maximum absolute atomic E-state index is 4.65. The van der Waals surface area contributed by atoms with Crippen molar-refractivity contribution >= 4 is 11.6 Å². The number of nitrogens with one attached hydrogen (secondary N) is 2. The van der Waals surface area contributed by atoms with Crippen LogP contribution in [0.1, 0.15) is 20.3 Å². The lowest BCUT2D eigenvalue weighted by atomic mass is 10.3. The quantitative estimate of drug-likeness (QED) is 0.616. The van der Waals surface area contributed by atoms with Gasteiger partial charge in [-0.05, 0) is 31.4 Å². The van der Waals surface area contributed by atoms with Crippen molar-refractivity contribution in [3.8, 4) is 0 Å². The highest BCUT2D eigenvalue weighted by molar-refractivity contribution is 5.80. The van der Waals surface area contributed by atoms with Crippen LogP contribution in [-0.4, -0.2) is 38.7 Å². The highest BCUT2D eigenvalue weighted by atomic mass is 15.2. The minimum absolute atomic E-state index is 0.611. The van der Waals surface area contributed by atoms with E-state index >= 15 is 0 Å². The van der Waals surface area contributed by atoms with Gasteiger partial charge in [0.05, 0.1) is 6.54 Å². The fraction of sp³-hybridized carbons (Fsp3) is 0.562. The van der Waals surface area contributed by atoms with E-state index in [1.54, 1.807) is 0 Å². The Hall–Kier alpha value is -1.71. The van der Waals surface area contributed by atoms with Gasteiger partial charge in [0.25, 0.3) is 0 Å². The molecule has 4 nitrogen and oxygen atoms in total. The molecule has 0 spiro atoms. The average molecular weight is 274 g/mol. The maximum atomic E-state index is 4.65. The van der Waals surface area contributed by atoms with E-state index in [9.17, 15) is 0 Å². The summed E-state index contributed by atoms with van der Waals surface area (Å²) in [5.74, 6) is 1.73. The van der Waals surface area contributed by atoms with E-state index in [2.05, 4.69) is 65.7 Å². The van der Waals surface area contributed by atoms with Crippen LogP contribution in [0.3, 0.4) is 0 Å². The van der Waals surface area contributed by atoms with Gasteiger partial charge in [-0.25, -0.2) is 0 Å². The Morgan fingerprint density at radius 3 is 2.65 bits per heavy atom. The Bertz CT molecular complexity index is 429. The summed E-state index contributed by atoms with van der Waals surface area (Å²) in [6.45, 7) is 6.98. The van der Waals surface area contributed by atoms with Gasteiger partial charge >= 0.3 is 0 Å². The molecule has 0 aromatic heterocycles. The molecule has 1 aliphatic carbocycles. The largest absolute Gasteiger partial charge is 0.373 e. The lowest BCUT2D eigenvalue weighted by Crippen LogP contribution is -2.39. The van der Waals surface area contributed by atoms with Crippen LogP contribution in [0.25, 0.3) is 0 Å². The second kappa shape index (κ2) is 7.17. The Morgan fingerprint density at radius 1 is 1.35 bits per heavy atom. The predicted octanol–water partition coefficient (Wildman–Crippen LogP) is 2.09. The van der Waals surface area contributed by atoms with Gasteiger partial charge in [0, 0.05) is 31.9 Å². The number of anilines is 1. The summed E-state index contributed by atoms with van der Waals surface area (Å²) in [4.78, 5) is 6.88. The van der Waals surface area contributed by atoms with Crippen molar-refractivity contribution in [2.75, 3.05) is 31.6 Å². The zero-order chi connectivity index (χ0) is 14.4. The number of hydrogen-bond donors (Lipinski definition) is 2. The summed E-state index contributed by atoms with van der Waals surface area (Å²) in [6, 6.07) is 11.0. The normalized spacial score (nSPS) is 21.4. The van der Waals surface area contributed by atoms with E-state index in [4.69, 9.17) is 0 Å². The van der Waals surface area contributed by atoms with Gasteiger partial charge < -0.3 is 15.5 Å². The first kappa shape index (κ1) is 14.7. The van der Waals surface area contributed by atoms with E-state index in [1.807, 2.05) is 6.07 Å². The highest BCUT2D eigenvalue weighted by Gasteiger charge is 2.33. The first-order valence-corrected chi connectivity index (χ1v) is 7.51. The first-order chi connectivity index (χ1) is 9.70. The molecule has 1 aliphatic rings. The number of hydrogen-bond acceptors (Lipinski definition) is 2. The summed E-state index contributed by atoms with van der Waals surface area (Å²) in [5, 5.41) is 6.78. The van der Waals surface area contributed by atoms with Gasteiger partial charge in [-0.15, -0.1) is 0 Å². The molecular formula is C16H26N4. The van der Waals surface area contributed by atoms with Gasteiger partial charge in [-0.2, -0.15) is 0 Å². The fourth-order valence-corrected chi connectivity index (χ4v) is 2.14. The molecule has 0 radical (unpaired) electrons. The van der Waals surface area contributed by atoms with Crippen LogP contribution in [-0.2, 0) is 0 Å². The smallest absolute Gasteiger partial charge is 0.191 e. The Balaban J connectivity index is 1.80. The summed E-state index contributed by atoms with van der Waals surface area (Å²) in [7, 11) is 2.11. The van der Waals surface area contributed by atoms with Crippen molar-refractivity contribution in [3.05, 3.63) is 30.3 Å². The number of guanidine groups is 1. The van der Waals surface area contributed by atoms with Crippen molar-refractivity contribution in [3.63, 3.8) is 0 Å². The maximum Gasteiger partial charge on any atom is 0.191 e. The Morgan fingerprint density at radius 2 is 2.05 bits per heavy atom. The number of aliphatic imine (C=N–C) groups is 1. The molecule has 2 rings (SSSR count). The lowest BCUT2D eigenvalue weighted by molar-refractivity contribution is 0.762. The molecule has 2 N–H and O–H groups in total. The van der Waals surface area contributed by atoms with Crippen LogP contribution < -0.4 is 15.5 Å². The van der Waals surface area contributed by atoms with E-state index in [0.717, 1.165) is 31.5 Å². The molecule has 20 heavy (non-hydrogen) atoms. The van der Waals surface area contributed by atoms with Crippen LogP contribution in [0.4, 0.5) is 5.69 Å². The van der Waals surface area contributed by atoms with Gasteiger partial charge in [0.15, 0.2) is 5.96 Å². The first-order valence-electron chi connectivity index (χ1n) is 7.51. The Labute approximate surface area is 122 Å². The zero-order valence-corrected chi connectivity index (χ0v) is 12.8. The van der Waals surface area contributed by atoms with Gasteiger partial charge in [0.1, 0.15) is 0 Å². The molecular weight excluding hydrogens is 248 g/mol. The molecule has 110 valence electrons. The Kier molecular flexibility index (Phi) is 5.27.